The largest absolute Gasteiger partial charge is 0.397 e. The first kappa shape index (κ1) is 14.1. The normalized spacial score (nSPS) is 22.6. The summed E-state index contributed by atoms with van der Waals surface area (Å²) in [6.45, 7) is 6.81. The summed E-state index contributed by atoms with van der Waals surface area (Å²) in [7, 11) is 0. The topological polar surface area (TPSA) is 58.7 Å². The van der Waals surface area contributed by atoms with Gasteiger partial charge in [-0.05, 0) is 38.5 Å². The molecule has 2 rings (SSSR count). The quantitative estimate of drug-likeness (QED) is 0.801. The van der Waals surface area contributed by atoms with E-state index in [-0.39, 0.29) is 24.1 Å². The summed E-state index contributed by atoms with van der Waals surface area (Å²) in [6, 6.07) is 3.10. The molecule has 1 heterocycles. The van der Waals surface area contributed by atoms with Crippen LogP contribution in [0.2, 0.25) is 0 Å². The summed E-state index contributed by atoms with van der Waals surface area (Å²) in [5, 5.41) is 9.31. The maximum absolute atomic E-state index is 13.5. The molecule has 0 aromatic heterocycles. The van der Waals surface area contributed by atoms with Crippen molar-refractivity contribution in [2.75, 3.05) is 30.3 Å². The van der Waals surface area contributed by atoms with E-state index in [1.807, 2.05) is 18.7 Å². The number of aliphatic hydroxyl groups is 1. The predicted octanol–water partition coefficient (Wildman–Crippen LogP) is 1.69. The average molecular weight is 268 g/mol. The number of morpholine rings is 1. The second-order valence-electron chi connectivity index (χ2n) is 5.72. The van der Waals surface area contributed by atoms with E-state index in [0.717, 1.165) is 5.69 Å². The van der Waals surface area contributed by atoms with E-state index in [4.69, 9.17) is 10.5 Å². The number of aryl methyl sites for hydroxylation is 1. The summed E-state index contributed by atoms with van der Waals surface area (Å²) >= 11 is 0. The number of nitrogen functional groups attached to an aromatic ring is 1. The molecule has 4 nitrogen and oxygen atoms in total. The second kappa shape index (κ2) is 4.98. The number of hydrogen-bond donors (Lipinski definition) is 2. The van der Waals surface area contributed by atoms with Crippen LogP contribution >= 0.6 is 0 Å². The van der Waals surface area contributed by atoms with Gasteiger partial charge < -0.3 is 20.5 Å². The second-order valence-corrected chi connectivity index (χ2v) is 5.72. The molecule has 0 saturated carbocycles. The Balaban J connectivity index is 2.33. The molecule has 5 heteroatoms. The minimum Gasteiger partial charge on any atom is -0.397 e. The Morgan fingerprint density at radius 3 is 2.84 bits per heavy atom. The molecule has 0 radical (unpaired) electrons. The van der Waals surface area contributed by atoms with Gasteiger partial charge in [0.25, 0.3) is 0 Å². The fourth-order valence-corrected chi connectivity index (χ4v) is 2.53. The maximum atomic E-state index is 13.5. The fourth-order valence-electron chi connectivity index (χ4n) is 2.53. The smallest absolute Gasteiger partial charge is 0.128 e. The molecular formula is C14H21FN2O2. The zero-order chi connectivity index (χ0) is 14.2. The Kier molecular flexibility index (Phi) is 3.69. The van der Waals surface area contributed by atoms with Crippen molar-refractivity contribution < 1.29 is 14.2 Å². The monoisotopic (exact) mass is 268 g/mol. The molecule has 1 aliphatic rings. The summed E-state index contributed by atoms with van der Waals surface area (Å²) in [6.07, 6.45) is -0.256. The van der Waals surface area contributed by atoms with E-state index in [0.29, 0.717) is 24.3 Å². The van der Waals surface area contributed by atoms with Crippen LogP contribution in [0.4, 0.5) is 15.8 Å². The first-order chi connectivity index (χ1) is 8.82. The van der Waals surface area contributed by atoms with Crippen LogP contribution in [-0.2, 0) is 4.74 Å². The molecule has 106 valence electrons. The van der Waals surface area contributed by atoms with Crippen LogP contribution < -0.4 is 10.6 Å². The van der Waals surface area contributed by atoms with Gasteiger partial charge in [-0.2, -0.15) is 0 Å². The molecule has 1 aliphatic heterocycles. The molecule has 1 unspecified atom stereocenters. The third-order valence-electron chi connectivity index (χ3n) is 3.33. The Morgan fingerprint density at radius 2 is 2.21 bits per heavy atom. The predicted molar refractivity (Wildman–Crippen MR) is 73.8 cm³/mol. The number of nitrogens with two attached hydrogens (primary N) is 1. The van der Waals surface area contributed by atoms with Crippen molar-refractivity contribution in [3.8, 4) is 0 Å². The third-order valence-corrected chi connectivity index (χ3v) is 3.33. The van der Waals surface area contributed by atoms with Crippen LogP contribution in [0.3, 0.4) is 0 Å². The van der Waals surface area contributed by atoms with Gasteiger partial charge in [-0.1, -0.05) is 0 Å². The molecular weight excluding hydrogens is 247 g/mol. The zero-order valence-electron chi connectivity index (χ0n) is 11.6. The lowest BCUT2D eigenvalue weighted by Gasteiger charge is -2.43. The Morgan fingerprint density at radius 1 is 1.53 bits per heavy atom. The number of anilines is 2. The highest BCUT2D eigenvalue weighted by Crippen LogP contribution is 2.31. The molecule has 1 aromatic rings. The highest BCUT2D eigenvalue weighted by molar-refractivity contribution is 5.69. The number of hydrogen-bond acceptors (Lipinski definition) is 4. The number of rotatable bonds is 2. The van der Waals surface area contributed by atoms with Crippen LogP contribution in [0.1, 0.15) is 19.4 Å². The fraction of sp³-hybridized carbons (Fsp3) is 0.571. The Bertz CT molecular complexity index is 477. The van der Waals surface area contributed by atoms with Gasteiger partial charge in [0.1, 0.15) is 5.82 Å². The van der Waals surface area contributed by atoms with Gasteiger partial charge in [0.05, 0.1) is 29.7 Å². The minimum atomic E-state index is -0.375. The van der Waals surface area contributed by atoms with E-state index in [9.17, 15) is 9.50 Å². The van der Waals surface area contributed by atoms with Crippen LogP contribution in [0, 0.1) is 12.7 Å². The lowest BCUT2D eigenvalue weighted by molar-refractivity contribution is -0.100. The van der Waals surface area contributed by atoms with Crippen molar-refractivity contribution in [1.82, 2.24) is 0 Å². The first-order valence-corrected chi connectivity index (χ1v) is 6.41. The average Bonchev–Trinajstić information content (AvgIpc) is 2.31. The van der Waals surface area contributed by atoms with Crippen LogP contribution in [0.15, 0.2) is 12.1 Å². The van der Waals surface area contributed by atoms with E-state index in [1.54, 1.807) is 13.0 Å². The van der Waals surface area contributed by atoms with Gasteiger partial charge in [0.2, 0.25) is 0 Å². The number of benzene rings is 1. The van der Waals surface area contributed by atoms with Gasteiger partial charge in [0.15, 0.2) is 0 Å². The van der Waals surface area contributed by atoms with Crippen LogP contribution in [-0.4, -0.2) is 36.5 Å². The highest BCUT2D eigenvalue weighted by Gasteiger charge is 2.33. The molecule has 0 aliphatic carbocycles. The molecule has 0 bridgehead atoms. The third kappa shape index (κ3) is 2.98. The molecule has 0 spiro atoms. The van der Waals surface area contributed by atoms with Crippen molar-refractivity contribution in [2.24, 2.45) is 0 Å². The van der Waals surface area contributed by atoms with Gasteiger partial charge in [-0.3, -0.25) is 0 Å². The van der Waals surface area contributed by atoms with E-state index < -0.39 is 0 Å². The number of aliphatic hydroxyl groups excluding tert-OH is 1. The standard InChI is InChI=1S/C14H21FN2O2/c1-9-4-13(12(16)5-11(9)15)17-6-10(7-18)19-14(2,3)8-17/h4-5,10,18H,6-8,16H2,1-3H3. The molecule has 0 amide bonds. The van der Waals surface area contributed by atoms with E-state index in [1.165, 1.54) is 6.07 Å². The molecule has 1 atom stereocenters. The Hall–Kier alpha value is -1.33. The van der Waals surface area contributed by atoms with Gasteiger partial charge in [0, 0.05) is 13.1 Å². The lowest BCUT2D eigenvalue weighted by atomic mass is 10.0. The molecule has 19 heavy (non-hydrogen) atoms. The number of ether oxygens (including phenoxy) is 1. The maximum Gasteiger partial charge on any atom is 0.128 e. The van der Waals surface area contributed by atoms with Crippen molar-refractivity contribution in [1.29, 1.82) is 0 Å². The van der Waals surface area contributed by atoms with Gasteiger partial charge in [-0.25, -0.2) is 4.39 Å². The van der Waals surface area contributed by atoms with E-state index >= 15 is 0 Å². The van der Waals surface area contributed by atoms with Crippen LogP contribution in [0.5, 0.6) is 0 Å². The minimum absolute atomic E-state index is 0.0417. The molecule has 1 aromatic carbocycles. The SMILES string of the molecule is Cc1cc(N2CC(CO)OC(C)(C)C2)c(N)cc1F. The number of nitrogens with zero attached hydrogens (tertiary/aromatic N) is 1. The van der Waals surface area contributed by atoms with Crippen molar-refractivity contribution in [3.63, 3.8) is 0 Å². The van der Waals surface area contributed by atoms with Gasteiger partial charge in [-0.15, -0.1) is 0 Å². The van der Waals surface area contributed by atoms with Crippen molar-refractivity contribution in [2.45, 2.75) is 32.5 Å². The molecule has 1 fully saturated rings. The zero-order valence-corrected chi connectivity index (χ0v) is 11.6. The van der Waals surface area contributed by atoms with E-state index in [2.05, 4.69) is 0 Å². The Labute approximate surface area is 113 Å². The van der Waals surface area contributed by atoms with Crippen molar-refractivity contribution >= 4 is 11.4 Å². The summed E-state index contributed by atoms with van der Waals surface area (Å²) in [4.78, 5) is 2.05. The molecule has 3 N–H and O–H groups in total. The summed E-state index contributed by atoms with van der Waals surface area (Å²) in [5.74, 6) is -0.299. The lowest BCUT2D eigenvalue weighted by Crippen LogP contribution is -2.54. The summed E-state index contributed by atoms with van der Waals surface area (Å²) in [5.41, 5.74) is 7.32. The number of halogens is 1. The highest BCUT2D eigenvalue weighted by atomic mass is 19.1. The van der Waals surface area contributed by atoms with Gasteiger partial charge >= 0.3 is 0 Å². The molecule has 1 saturated heterocycles. The first-order valence-electron chi connectivity index (χ1n) is 6.41. The summed E-state index contributed by atoms with van der Waals surface area (Å²) < 4.78 is 19.2. The van der Waals surface area contributed by atoms with Crippen molar-refractivity contribution in [3.05, 3.63) is 23.5 Å². The van der Waals surface area contributed by atoms with Crippen LogP contribution in [0.25, 0.3) is 0 Å².